The molecular weight excluding hydrogens is 236 g/mol. The minimum atomic E-state index is -0.696. The van der Waals surface area contributed by atoms with Crippen LogP contribution < -0.4 is 16.4 Å². The molecule has 0 aromatic carbocycles. The molecule has 1 atom stereocenters. The second-order valence-corrected chi connectivity index (χ2v) is 4.93. The highest BCUT2D eigenvalue weighted by molar-refractivity contribution is 5.93. The van der Waals surface area contributed by atoms with Crippen molar-refractivity contribution in [2.45, 2.75) is 43.7 Å². The van der Waals surface area contributed by atoms with Crippen molar-refractivity contribution in [2.75, 3.05) is 13.2 Å². The van der Waals surface area contributed by atoms with Gasteiger partial charge in [-0.1, -0.05) is 18.0 Å². The summed E-state index contributed by atoms with van der Waals surface area (Å²) in [5.41, 5.74) is 5.01. The van der Waals surface area contributed by atoms with E-state index in [1.165, 1.54) is 0 Å². The van der Waals surface area contributed by atoms with Crippen LogP contribution in [0.2, 0.25) is 0 Å². The van der Waals surface area contributed by atoms with Crippen LogP contribution in [-0.2, 0) is 4.74 Å². The minimum absolute atomic E-state index is 0.0516. The number of nitrogens with zero attached hydrogens (tertiary/aromatic N) is 1. The quantitative estimate of drug-likeness (QED) is 0.249. The number of carbonyl (C=O) groups is 1. The third-order valence-corrected chi connectivity index (χ3v) is 3.67. The zero-order valence-electron chi connectivity index (χ0n) is 10.3. The maximum absolute atomic E-state index is 11.9. The first-order chi connectivity index (χ1) is 8.66. The van der Waals surface area contributed by atoms with Gasteiger partial charge < -0.3 is 26.3 Å². The molecule has 7 heteroatoms. The summed E-state index contributed by atoms with van der Waals surface area (Å²) in [5.74, 6) is 0.0813. The number of hydrogen-bond acceptors (Lipinski definition) is 4. The number of amides is 2. The maximum atomic E-state index is 11.9. The second kappa shape index (κ2) is 5.43. The normalized spacial score (nSPS) is 27.1. The number of oxime groups is 1. The van der Waals surface area contributed by atoms with Crippen molar-refractivity contribution in [3.05, 3.63) is 0 Å². The van der Waals surface area contributed by atoms with Crippen LogP contribution in [-0.4, -0.2) is 41.9 Å². The standard InChI is InChI=1S/C11H20N4O3/c12-9(15-17)11(4-1-2-5-11)14-10(16)13-8-3-6-18-7-8/h8,17H,1-7H2,(H2,12,15)(H2,13,14,16). The van der Waals surface area contributed by atoms with E-state index in [1.54, 1.807) is 0 Å². The molecule has 0 aromatic heterocycles. The third kappa shape index (κ3) is 2.66. The monoisotopic (exact) mass is 256 g/mol. The molecule has 7 nitrogen and oxygen atoms in total. The van der Waals surface area contributed by atoms with E-state index < -0.39 is 5.54 Å². The van der Waals surface area contributed by atoms with Crippen LogP contribution in [0.5, 0.6) is 0 Å². The molecule has 1 saturated carbocycles. The summed E-state index contributed by atoms with van der Waals surface area (Å²) >= 11 is 0. The molecule has 102 valence electrons. The topological polar surface area (TPSA) is 109 Å². The van der Waals surface area contributed by atoms with Crippen molar-refractivity contribution in [2.24, 2.45) is 10.9 Å². The van der Waals surface area contributed by atoms with Gasteiger partial charge in [-0.3, -0.25) is 0 Å². The first-order valence-corrected chi connectivity index (χ1v) is 6.31. The number of carbonyl (C=O) groups excluding carboxylic acids is 1. The van der Waals surface area contributed by atoms with E-state index in [4.69, 9.17) is 15.7 Å². The van der Waals surface area contributed by atoms with Gasteiger partial charge >= 0.3 is 6.03 Å². The van der Waals surface area contributed by atoms with Gasteiger partial charge in [0.05, 0.1) is 12.6 Å². The Morgan fingerprint density at radius 3 is 2.72 bits per heavy atom. The van der Waals surface area contributed by atoms with Crippen LogP contribution in [0.15, 0.2) is 5.16 Å². The molecule has 0 spiro atoms. The number of ether oxygens (including phenoxy) is 1. The Kier molecular flexibility index (Phi) is 3.90. The smallest absolute Gasteiger partial charge is 0.315 e. The first kappa shape index (κ1) is 12.9. The SMILES string of the molecule is NC(=NO)C1(NC(=O)NC2CCOC2)CCCC1. The summed E-state index contributed by atoms with van der Waals surface area (Å²) in [6.45, 7) is 1.22. The summed E-state index contributed by atoms with van der Waals surface area (Å²) in [7, 11) is 0. The van der Waals surface area contributed by atoms with Crippen LogP contribution in [0.3, 0.4) is 0 Å². The fraction of sp³-hybridized carbons (Fsp3) is 0.818. The van der Waals surface area contributed by atoms with E-state index >= 15 is 0 Å². The number of rotatable bonds is 3. The van der Waals surface area contributed by atoms with Crippen molar-refractivity contribution >= 4 is 11.9 Å². The maximum Gasteiger partial charge on any atom is 0.315 e. The van der Waals surface area contributed by atoms with E-state index in [0.29, 0.717) is 26.1 Å². The summed E-state index contributed by atoms with van der Waals surface area (Å²) < 4.78 is 5.19. The predicted octanol–water partition coefficient (Wildman–Crippen LogP) is 0.134. The Hall–Kier alpha value is -1.50. The molecule has 1 unspecified atom stereocenters. The lowest BCUT2D eigenvalue weighted by Gasteiger charge is -2.29. The van der Waals surface area contributed by atoms with Gasteiger partial charge in [0.1, 0.15) is 5.54 Å². The van der Waals surface area contributed by atoms with E-state index in [1.807, 2.05) is 0 Å². The van der Waals surface area contributed by atoms with Gasteiger partial charge in [0.25, 0.3) is 0 Å². The van der Waals surface area contributed by atoms with Gasteiger partial charge in [0, 0.05) is 6.61 Å². The third-order valence-electron chi connectivity index (χ3n) is 3.67. The molecule has 0 bridgehead atoms. The molecule has 2 aliphatic rings. The molecule has 1 aliphatic carbocycles. The Balaban J connectivity index is 1.94. The lowest BCUT2D eigenvalue weighted by atomic mass is 9.96. The lowest BCUT2D eigenvalue weighted by molar-refractivity contribution is 0.187. The molecule has 18 heavy (non-hydrogen) atoms. The summed E-state index contributed by atoms with van der Waals surface area (Å²) in [6.07, 6.45) is 4.16. The Morgan fingerprint density at radius 1 is 1.44 bits per heavy atom. The van der Waals surface area contributed by atoms with Crippen LogP contribution >= 0.6 is 0 Å². The molecule has 0 aromatic rings. The summed E-state index contributed by atoms with van der Waals surface area (Å²) in [6, 6.07) is -0.227. The van der Waals surface area contributed by atoms with E-state index in [0.717, 1.165) is 19.3 Å². The second-order valence-electron chi connectivity index (χ2n) is 4.93. The van der Waals surface area contributed by atoms with Crippen LogP contribution in [0.25, 0.3) is 0 Å². The fourth-order valence-corrected chi connectivity index (χ4v) is 2.61. The van der Waals surface area contributed by atoms with Gasteiger partial charge in [-0.15, -0.1) is 0 Å². The van der Waals surface area contributed by atoms with Gasteiger partial charge in [-0.25, -0.2) is 4.79 Å². The van der Waals surface area contributed by atoms with E-state index in [9.17, 15) is 4.79 Å². The van der Waals surface area contributed by atoms with Gasteiger partial charge in [0.15, 0.2) is 5.84 Å². The van der Waals surface area contributed by atoms with Crippen LogP contribution in [0.4, 0.5) is 4.79 Å². The van der Waals surface area contributed by atoms with Gasteiger partial charge in [0.2, 0.25) is 0 Å². The largest absolute Gasteiger partial charge is 0.409 e. The number of hydrogen-bond donors (Lipinski definition) is 4. The van der Waals surface area contributed by atoms with E-state index in [-0.39, 0.29) is 17.9 Å². The fourth-order valence-electron chi connectivity index (χ4n) is 2.61. The lowest BCUT2D eigenvalue weighted by Crippen LogP contribution is -2.59. The van der Waals surface area contributed by atoms with E-state index in [2.05, 4.69) is 15.8 Å². The Morgan fingerprint density at radius 2 is 2.17 bits per heavy atom. The van der Waals surface area contributed by atoms with Gasteiger partial charge in [-0.2, -0.15) is 0 Å². The predicted molar refractivity (Wildman–Crippen MR) is 65.5 cm³/mol. The van der Waals surface area contributed by atoms with Crippen molar-refractivity contribution in [3.63, 3.8) is 0 Å². The first-order valence-electron chi connectivity index (χ1n) is 6.31. The molecule has 0 radical (unpaired) electrons. The summed E-state index contributed by atoms with van der Waals surface area (Å²) in [4.78, 5) is 11.9. The number of urea groups is 1. The molecule has 1 heterocycles. The number of nitrogens with two attached hydrogens (primary N) is 1. The molecule has 1 aliphatic heterocycles. The Labute approximate surface area is 106 Å². The molecular formula is C11H20N4O3. The minimum Gasteiger partial charge on any atom is -0.409 e. The average molecular weight is 256 g/mol. The molecule has 2 amide bonds. The van der Waals surface area contributed by atoms with Crippen molar-refractivity contribution in [3.8, 4) is 0 Å². The molecule has 2 fully saturated rings. The number of nitrogens with one attached hydrogen (secondary N) is 2. The van der Waals surface area contributed by atoms with Crippen LogP contribution in [0.1, 0.15) is 32.1 Å². The molecule has 1 saturated heterocycles. The zero-order chi connectivity index (χ0) is 13.0. The van der Waals surface area contributed by atoms with Gasteiger partial charge in [-0.05, 0) is 19.3 Å². The molecule has 2 rings (SSSR count). The summed E-state index contributed by atoms with van der Waals surface area (Å²) in [5, 5.41) is 17.6. The van der Waals surface area contributed by atoms with Crippen molar-refractivity contribution in [1.29, 1.82) is 0 Å². The number of amidine groups is 1. The van der Waals surface area contributed by atoms with Crippen molar-refractivity contribution < 1.29 is 14.7 Å². The van der Waals surface area contributed by atoms with Crippen molar-refractivity contribution in [1.82, 2.24) is 10.6 Å². The Bertz CT molecular complexity index is 333. The highest BCUT2D eigenvalue weighted by Crippen LogP contribution is 2.29. The average Bonchev–Trinajstić information content (AvgIpc) is 3.00. The highest BCUT2D eigenvalue weighted by Gasteiger charge is 2.40. The highest BCUT2D eigenvalue weighted by atomic mass is 16.5. The molecule has 5 N–H and O–H groups in total. The van der Waals surface area contributed by atoms with Crippen LogP contribution in [0, 0.1) is 0 Å². The zero-order valence-corrected chi connectivity index (χ0v) is 10.3.